The third kappa shape index (κ3) is 3.41. The summed E-state index contributed by atoms with van der Waals surface area (Å²) in [6.45, 7) is 6.73. The molecular formula is C12H23NO. The van der Waals surface area contributed by atoms with Gasteiger partial charge in [0, 0.05) is 6.54 Å². The van der Waals surface area contributed by atoms with E-state index < -0.39 is 0 Å². The number of carbonyl (C=O) groups excluding carboxylic acids is 1. The van der Waals surface area contributed by atoms with Gasteiger partial charge in [-0.1, -0.05) is 26.7 Å². The summed E-state index contributed by atoms with van der Waals surface area (Å²) in [6.07, 6.45) is 7.21. The Hall–Kier alpha value is -0.370. The molecule has 0 radical (unpaired) electrons. The molecule has 0 aliphatic carbocycles. The van der Waals surface area contributed by atoms with Crippen molar-refractivity contribution in [3.8, 4) is 0 Å². The third-order valence-electron chi connectivity index (χ3n) is 3.18. The Kier molecular flexibility index (Phi) is 5.16. The Morgan fingerprint density at radius 2 is 2.14 bits per heavy atom. The molecule has 0 N–H and O–H groups in total. The van der Waals surface area contributed by atoms with Crippen molar-refractivity contribution in [1.29, 1.82) is 0 Å². The molecule has 1 saturated heterocycles. The number of hydrogen-bond donors (Lipinski definition) is 0. The van der Waals surface area contributed by atoms with Crippen LogP contribution in [0.2, 0.25) is 0 Å². The van der Waals surface area contributed by atoms with Gasteiger partial charge in [-0.05, 0) is 31.7 Å². The summed E-state index contributed by atoms with van der Waals surface area (Å²) in [7, 11) is 0. The summed E-state index contributed by atoms with van der Waals surface area (Å²) in [5, 5.41) is 0. The van der Waals surface area contributed by atoms with Crippen LogP contribution in [0.1, 0.15) is 46.0 Å². The molecule has 1 heterocycles. The Balaban J connectivity index is 2.32. The third-order valence-corrected chi connectivity index (χ3v) is 3.18. The van der Waals surface area contributed by atoms with Gasteiger partial charge < -0.3 is 4.79 Å². The molecule has 1 aliphatic rings. The molecule has 2 nitrogen and oxygen atoms in total. The van der Waals surface area contributed by atoms with Crippen molar-refractivity contribution in [2.45, 2.75) is 52.0 Å². The van der Waals surface area contributed by atoms with Gasteiger partial charge in [-0.25, -0.2) is 0 Å². The van der Waals surface area contributed by atoms with Crippen LogP contribution in [0, 0.1) is 5.92 Å². The molecule has 82 valence electrons. The number of hydrogen-bond acceptors (Lipinski definition) is 2. The highest BCUT2D eigenvalue weighted by Gasteiger charge is 2.24. The van der Waals surface area contributed by atoms with Crippen molar-refractivity contribution >= 4 is 6.29 Å². The minimum absolute atomic E-state index is 0.211. The summed E-state index contributed by atoms with van der Waals surface area (Å²) in [6, 6.07) is 0.211. The lowest BCUT2D eigenvalue weighted by molar-refractivity contribution is -0.114. The molecule has 0 aromatic carbocycles. The number of unbranched alkanes of at least 4 members (excludes halogenated alkanes) is 2. The zero-order valence-electron chi connectivity index (χ0n) is 9.54. The van der Waals surface area contributed by atoms with Crippen molar-refractivity contribution < 1.29 is 4.79 Å². The van der Waals surface area contributed by atoms with Crippen molar-refractivity contribution in [1.82, 2.24) is 4.90 Å². The second-order valence-corrected chi connectivity index (χ2v) is 4.59. The number of rotatable bonds is 5. The normalized spacial score (nSPS) is 29.0. The highest BCUT2D eigenvalue weighted by atomic mass is 16.1. The van der Waals surface area contributed by atoms with Crippen LogP contribution >= 0.6 is 0 Å². The Morgan fingerprint density at radius 3 is 2.79 bits per heavy atom. The summed E-state index contributed by atoms with van der Waals surface area (Å²) in [5.41, 5.74) is 0. The molecule has 1 aliphatic heterocycles. The van der Waals surface area contributed by atoms with Gasteiger partial charge >= 0.3 is 0 Å². The second kappa shape index (κ2) is 6.18. The van der Waals surface area contributed by atoms with Crippen LogP contribution in [0.15, 0.2) is 0 Å². The number of carbonyl (C=O) groups is 1. The molecule has 0 spiro atoms. The van der Waals surface area contributed by atoms with Crippen LogP contribution in [0.4, 0.5) is 0 Å². The van der Waals surface area contributed by atoms with E-state index in [1.165, 1.54) is 25.7 Å². The highest BCUT2D eigenvalue weighted by molar-refractivity contribution is 5.57. The van der Waals surface area contributed by atoms with Gasteiger partial charge in [-0.3, -0.25) is 4.90 Å². The van der Waals surface area contributed by atoms with E-state index in [0.717, 1.165) is 31.7 Å². The summed E-state index contributed by atoms with van der Waals surface area (Å²) >= 11 is 0. The van der Waals surface area contributed by atoms with Gasteiger partial charge in [-0.15, -0.1) is 0 Å². The zero-order chi connectivity index (χ0) is 10.4. The molecule has 0 bridgehead atoms. The van der Waals surface area contributed by atoms with E-state index in [-0.39, 0.29) is 6.04 Å². The predicted molar refractivity (Wildman–Crippen MR) is 59.3 cm³/mol. The first-order chi connectivity index (χ1) is 6.77. The molecule has 2 unspecified atom stereocenters. The van der Waals surface area contributed by atoms with Gasteiger partial charge in [0.05, 0.1) is 6.04 Å². The molecule has 2 heteroatoms. The Morgan fingerprint density at radius 1 is 1.36 bits per heavy atom. The molecule has 1 fully saturated rings. The van der Waals surface area contributed by atoms with Gasteiger partial charge in [0.2, 0.25) is 0 Å². The van der Waals surface area contributed by atoms with E-state index in [9.17, 15) is 4.79 Å². The van der Waals surface area contributed by atoms with Crippen molar-refractivity contribution in [3.05, 3.63) is 0 Å². The van der Waals surface area contributed by atoms with Crippen LogP contribution in [0.25, 0.3) is 0 Å². The van der Waals surface area contributed by atoms with Gasteiger partial charge in [0.1, 0.15) is 6.29 Å². The van der Waals surface area contributed by atoms with Crippen LogP contribution in [0.5, 0.6) is 0 Å². The minimum Gasteiger partial charge on any atom is -0.302 e. The first-order valence-corrected chi connectivity index (χ1v) is 5.97. The Labute approximate surface area is 87.7 Å². The lowest BCUT2D eigenvalue weighted by Crippen LogP contribution is -2.44. The maximum absolute atomic E-state index is 10.9. The van der Waals surface area contributed by atoms with E-state index in [4.69, 9.17) is 0 Å². The van der Waals surface area contributed by atoms with Crippen LogP contribution in [-0.2, 0) is 4.79 Å². The zero-order valence-corrected chi connectivity index (χ0v) is 9.54. The van der Waals surface area contributed by atoms with E-state index in [2.05, 4.69) is 18.7 Å². The summed E-state index contributed by atoms with van der Waals surface area (Å²) in [5.74, 6) is 0.771. The number of likely N-dealkylation sites (tertiary alicyclic amines) is 1. The Bertz CT molecular complexity index is 170. The number of nitrogens with zero attached hydrogens (tertiary/aromatic N) is 1. The monoisotopic (exact) mass is 197 g/mol. The first kappa shape index (κ1) is 11.7. The predicted octanol–water partition coefficient (Wildman–Crippen LogP) is 2.48. The maximum Gasteiger partial charge on any atom is 0.137 e. The van der Waals surface area contributed by atoms with Crippen LogP contribution < -0.4 is 0 Å². The smallest absolute Gasteiger partial charge is 0.137 e. The molecule has 0 amide bonds. The first-order valence-electron chi connectivity index (χ1n) is 5.97. The largest absolute Gasteiger partial charge is 0.302 e. The molecule has 1 rings (SSSR count). The second-order valence-electron chi connectivity index (χ2n) is 4.59. The SMILES string of the molecule is CCCCCN1CC(C)CCC1C=O. The quantitative estimate of drug-likeness (QED) is 0.498. The van der Waals surface area contributed by atoms with Gasteiger partial charge in [0.15, 0.2) is 0 Å². The van der Waals surface area contributed by atoms with Crippen molar-refractivity contribution in [2.24, 2.45) is 5.92 Å². The standard InChI is InChI=1S/C12H23NO/c1-3-4-5-8-13-9-11(2)6-7-12(13)10-14/h10-12H,3-9H2,1-2H3. The average Bonchev–Trinajstić information content (AvgIpc) is 2.19. The van der Waals surface area contributed by atoms with Crippen molar-refractivity contribution in [3.63, 3.8) is 0 Å². The maximum atomic E-state index is 10.9. The number of piperidine rings is 1. The van der Waals surface area contributed by atoms with E-state index >= 15 is 0 Å². The fraction of sp³-hybridized carbons (Fsp3) is 0.917. The minimum atomic E-state index is 0.211. The lowest BCUT2D eigenvalue weighted by Gasteiger charge is -2.35. The topological polar surface area (TPSA) is 20.3 Å². The molecule has 0 aromatic heterocycles. The fourth-order valence-corrected chi connectivity index (χ4v) is 2.24. The highest BCUT2D eigenvalue weighted by Crippen LogP contribution is 2.20. The van der Waals surface area contributed by atoms with Crippen molar-refractivity contribution in [2.75, 3.05) is 13.1 Å². The van der Waals surface area contributed by atoms with E-state index in [1.54, 1.807) is 0 Å². The lowest BCUT2D eigenvalue weighted by atomic mass is 9.94. The van der Waals surface area contributed by atoms with E-state index in [0.29, 0.717) is 0 Å². The van der Waals surface area contributed by atoms with E-state index in [1.807, 2.05) is 0 Å². The molecule has 14 heavy (non-hydrogen) atoms. The average molecular weight is 197 g/mol. The fourth-order valence-electron chi connectivity index (χ4n) is 2.24. The summed E-state index contributed by atoms with van der Waals surface area (Å²) in [4.78, 5) is 13.2. The van der Waals surface area contributed by atoms with Crippen LogP contribution in [0.3, 0.4) is 0 Å². The molecule has 2 atom stereocenters. The molecule has 0 saturated carbocycles. The van der Waals surface area contributed by atoms with Gasteiger partial charge in [-0.2, -0.15) is 0 Å². The number of aldehydes is 1. The van der Waals surface area contributed by atoms with Crippen LogP contribution in [-0.4, -0.2) is 30.3 Å². The molecular weight excluding hydrogens is 174 g/mol. The molecule has 0 aromatic rings. The van der Waals surface area contributed by atoms with Gasteiger partial charge in [0.25, 0.3) is 0 Å². The summed E-state index contributed by atoms with van der Waals surface area (Å²) < 4.78 is 0.